The molecule has 4 aromatic rings. The largest absolute Gasteiger partial charge is 0.497 e. The molecule has 2 aromatic heterocycles. The standard InChI is InChI=1S/C24H23N5O2S/c1-16-7-5-9-18(13-16)23-27-28-24(32)29(23)15-21(30)26-22(20-11-3-4-12-25-20)17-8-6-10-19(14-17)31-2/h3-14,22H,15H2,1-2H3,(H,26,30)(H,28,32)/t22-/m0/s1. The Balaban J connectivity index is 1.63. The van der Waals surface area contributed by atoms with Crippen molar-refractivity contribution in [1.82, 2.24) is 25.1 Å². The number of benzene rings is 2. The summed E-state index contributed by atoms with van der Waals surface area (Å²) >= 11 is 5.39. The van der Waals surface area contributed by atoms with E-state index in [9.17, 15) is 4.79 Å². The van der Waals surface area contributed by atoms with E-state index >= 15 is 0 Å². The van der Waals surface area contributed by atoms with Gasteiger partial charge in [-0.2, -0.15) is 5.10 Å². The average molecular weight is 446 g/mol. The number of hydrogen-bond donors (Lipinski definition) is 2. The van der Waals surface area contributed by atoms with Crippen LogP contribution in [0.25, 0.3) is 11.4 Å². The molecule has 2 heterocycles. The van der Waals surface area contributed by atoms with Gasteiger partial charge in [-0.1, -0.05) is 42.0 Å². The number of carbonyl (C=O) groups is 1. The van der Waals surface area contributed by atoms with Gasteiger partial charge in [0.2, 0.25) is 5.91 Å². The third kappa shape index (κ3) is 4.76. The topological polar surface area (TPSA) is 84.8 Å². The lowest BCUT2D eigenvalue weighted by Crippen LogP contribution is -2.33. The Morgan fingerprint density at radius 2 is 2.00 bits per heavy atom. The number of methoxy groups -OCH3 is 1. The number of H-pyrrole nitrogens is 1. The van der Waals surface area contributed by atoms with Crippen LogP contribution in [-0.2, 0) is 11.3 Å². The second-order valence-electron chi connectivity index (χ2n) is 7.34. The number of nitrogens with one attached hydrogen (secondary N) is 2. The first-order valence-corrected chi connectivity index (χ1v) is 10.5. The maximum atomic E-state index is 13.1. The van der Waals surface area contributed by atoms with E-state index < -0.39 is 6.04 Å². The summed E-state index contributed by atoms with van der Waals surface area (Å²) in [6.07, 6.45) is 1.71. The second-order valence-corrected chi connectivity index (χ2v) is 7.73. The Bertz CT molecular complexity index is 1280. The summed E-state index contributed by atoms with van der Waals surface area (Å²) in [6.45, 7) is 2.03. The molecule has 0 unspecified atom stereocenters. The van der Waals surface area contributed by atoms with Crippen molar-refractivity contribution >= 4 is 18.1 Å². The zero-order chi connectivity index (χ0) is 22.5. The summed E-state index contributed by atoms with van der Waals surface area (Å²) in [6, 6.07) is 20.7. The number of aromatic amines is 1. The molecule has 7 nitrogen and oxygen atoms in total. The van der Waals surface area contributed by atoms with Gasteiger partial charge in [-0.25, -0.2) is 0 Å². The van der Waals surface area contributed by atoms with Crippen LogP contribution in [0.1, 0.15) is 22.9 Å². The fourth-order valence-corrected chi connectivity index (χ4v) is 3.71. The third-order valence-electron chi connectivity index (χ3n) is 5.05. The van der Waals surface area contributed by atoms with Crippen LogP contribution in [0.5, 0.6) is 5.75 Å². The highest BCUT2D eigenvalue weighted by Gasteiger charge is 2.20. The van der Waals surface area contributed by atoms with Crippen molar-refractivity contribution in [2.24, 2.45) is 0 Å². The molecule has 32 heavy (non-hydrogen) atoms. The predicted octanol–water partition coefficient (Wildman–Crippen LogP) is 4.23. The first-order valence-electron chi connectivity index (χ1n) is 10.1. The van der Waals surface area contributed by atoms with Gasteiger partial charge in [0.15, 0.2) is 10.6 Å². The zero-order valence-electron chi connectivity index (χ0n) is 17.8. The molecule has 0 aliphatic rings. The van der Waals surface area contributed by atoms with E-state index in [0.29, 0.717) is 16.3 Å². The van der Waals surface area contributed by atoms with Gasteiger partial charge in [-0.05, 0) is 55.0 Å². The molecule has 0 aliphatic heterocycles. The summed E-state index contributed by atoms with van der Waals surface area (Å²) in [5, 5.41) is 10.2. The van der Waals surface area contributed by atoms with E-state index in [0.717, 1.165) is 22.4 Å². The first-order chi connectivity index (χ1) is 15.5. The van der Waals surface area contributed by atoms with Crippen LogP contribution in [0, 0.1) is 11.7 Å². The van der Waals surface area contributed by atoms with Crippen LogP contribution in [0.4, 0.5) is 0 Å². The molecule has 162 valence electrons. The highest BCUT2D eigenvalue weighted by Crippen LogP contribution is 2.24. The van der Waals surface area contributed by atoms with Crippen LogP contribution >= 0.6 is 12.2 Å². The van der Waals surface area contributed by atoms with Crippen molar-refractivity contribution in [2.75, 3.05) is 7.11 Å². The molecule has 0 aliphatic carbocycles. The molecule has 2 N–H and O–H groups in total. The van der Waals surface area contributed by atoms with Gasteiger partial charge >= 0.3 is 0 Å². The summed E-state index contributed by atoms with van der Waals surface area (Å²) < 4.78 is 7.43. The van der Waals surface area contributed by atoms with Crippen molar-refractivity contribution < 1.29 is 9.53 Å². The molecule has 4 rings (SSSR count). The van der Waals surface area contributed by atoms with Gasteiger partial charge in [-0.3, -0.25) is 19.4 Å². The number of carbonyl (C=O) groups excluding carboxylic acids is 1. The lowest BCUT2D eigenvalue weighted by Gasteiger charge is -2.20. The minimum Gasteiger partial charge on any atom is -0.497 e. The second kappa shape index (κ2) is 9.57. The van der Waals surface area contributed by atoms with E-state index in [2.05, 4.69) is 20.5 Å². The van der Waals surface area contributed by atoms with Gasteiger partial charge in [0.05, 0.1) is 18.8 Å². The highest BCUT2D eigenvalue weighted by atomic mass is 32.1. The third-order valence-corrected chi connectivity index (χ3v) is 5.36. The predicted molar refractivity (Wildman–Crippen MR) is 125 cm³/mol. The molecular weight excluding hydrogens is 422 g/mol. The van der Waals surface area contributed by atoms with Gasteiger partial charge in [-0.15, -0.1) is 0 Å². The Labute approximate surface area is 191 Å². The van der Waals surface area contributed by atoms with Gasteiger partial charge in [0.1, 0.15) is 12.3 Å². The van der Waals surface area contributed by atoms with E-state index in [1.54, 1.807) is 17.9 Å². The number of aromatic nitrogens is 4. The van der Waals surface area contributed by atoms with Crippen LogP contribution < -0.4 is 10.1 Å². The fraction of sp³-hybridized carbons (Fsp3) is 0.167. The Morgan fingerprint density at radius 3 is 2.75 bits per heavy atom. The smallest absolute Gasteiger partial charge is 0.240 e. The quantitative estimate of drug-likeness (QED) is 0.416. The van der Waals surface area contributed by atoms with E-state index in [1.807, 2.05) is 73.7 Å². The lowest BCUT2D eigenvalue weighted by molar-refractivity contribution is -0.122. The summed E-state index contributed by atoms with van der Waals surface area (Å²) in [7, 11) is 1.61. The average Bonchev–Trinajstić information content (AvgIpc) is 3.18. The summed E-state index contributed by atoms with van der Waals surface area (Å²) in [4.78, 5) is 17.6. The van der Waals surface area contributed by atoms with Crippen LogP contribution in [0.3, 0.4) is 0 Å². The molecule has 0 saturated heterocycles. The molecule has 0 fully saturated rings. The Morgan fingerprint density at radius 1 is 1.16 bits per heavy atom. The summed E-state index contributed by atoms with van der Waals surface area (Å²) in [5.41, 5.74) is 3.58. The number of pyridine rings is 1. The van der Waals surface area contributed by atoms with Crippen molar-refractivity contribution in [3.05, 3.63) is 94.5 Å². The Kier molecular flexibility index (Phi) is 6.42. The van der Waals surface area contributed by atoms with E-state index in [4.69, 9.17) is 17.0 Å². The van der Waals surface area contributed by atoms with Crippen molar-refractivity contribution in [3.8, 4) is 17.1 Å². The number of nitrogens with zero attached hydrogens (tertiary/aromatic N) is 3. The number of rotatable bonds is 7. The minimum atomic E-state index is -0.442. The zero-order valence-corrected chi connectivity index (χ0v) is 18.6. The first kappa shape index (κ1) is 21.5. The van der Waals surface area contributed by atoms with Crippen molar-refractivity contribution in [1.29, 1.82) is 0 Å². The van der Waals surface area contributed by atoms with Crippen molar-refractivity contribution in [2.45, 2.75) is 19.5 Å². The fourth-order valence-electron chi connectivity index (χ4n) is 3.51. The lowest BCUT2D eigenvalue weighted by atomic mass is 10.0. The number of amides is 1. The van der Waals surface area contributed by atoms with Crippen LogP contribution in [0.15, 0.2) is 72.9 Å². The molecule has 1 amide bonds. The molecule has 1 atom stereocenters. The molecule has 2 aromatic carbocycles. The number of hydrogen-bond acceptors (Lipinski definition) is 5. The normalized spacial score (nSPS) is 11.7. The van der Waals surface area contributed by atoms with E-state index in [-0.39, 0.29) is 12.5 Å². The summed E-state index contributed by atoms with van der Waals surface area (Å²) in [5.74, 6) is 1.11. The van der Waals surface area contributed by atoms with Gasteiger partial charge < -0.3 is 10.1 Å². The highest BCUT2D eigenvalue weighted by molar-refractivity contribution is 7.71. The SMILES string of the molecule is COc1cccc([C@H](NC(=O)Cn2c(-c3cccc(C)c3)n[nH]c2=S)c2ccccn2)c1. The minimum absolute atomic E-state index is 0.0198. The van der Waals surface area contributed by atoms with E-state index in [1.165, 1.54) is 0 Å². The molecule has 0 bridgehead atoms. The number of ether oxygens (including phenoxy) is 1. The molecule has 0 saturated carbocycles. The van der Waals surface area contributed by atoms with Crippen molar-refractivity contribution in [3.63, 3.8) is 0 Å². The molecular formula is C24H23N5O2S. The number of aryl methyl sites for hydroxylation is 1. The molecule has 0 spiro atoms. The monoisotopic (exact) mass is 445 g/mol. The van der Waals surface area contributed by atoms with Gasteiger partial charge in [0.25, 0.3) is 0 Å². The van der Waals surface area contributed by atoms with Crippen LogP contribution in [0.2, 0.25) is 0 Å². The maximum Gasteiger partial charge on any atom is 0.240 e. The molecule has 8 heteroatoms. The maximum absolute atomic E-state index is 13.1. The Hall–Kier alpha value is -3.78. The molecule has 0 radical (unpaired) electrons. The van der Waals surface area contributed by atoms with Gasteiger partial charge in [0, 0.05) is 11.8 Å². The van der Waals surface area contributed by atoms with Crippen LogP contribution in [-0.4, -0.2) is 32.8 Å².